The number of carboxylic acids is 1. The highest BCUT2D eigenvalue weighted by Crippen LogP contribution is 2.41. The number of nitrogens with two attached hydrogens (primary N) is 1. The molecule has 0 bridgehead atoms. The van der Waals surface area contributed by atoms with Crippen molar-refractivity contribution < 1.29 is 14.7 Å². The SMILES string of the molecule is Cc1cc(N2CC[C@](C)(c3ccccc3)C2)cn2nc(C(=O)N3CC[C@@]4(CCN(c5ccc(N)c(C(=O)O)n5)C4)C3)nc12. The number of carbonyl (C=O) groups is 2. The third kappa shape index (κ3) is 4.72. The summed E-state index contributed by atoms with van der Waals surface area (Å²) >= 11 is 0. The van der Waals surface area contributed by atoms with Gasteiger partial charge in [-0.3, -0.25) is 4.79 Å². The van der Waals surface area contributed by atoms with E-state index in [1.165, 1.54) is 5.56 Å². The van der Waals surface area contributed by atoms with Crippen LogP contribution in [0.2, 0.25) is 0 Å². The first kappa shape index (κ1) is 27.2. The molecule has 3 N–H and O–H groups in total. The molecule has 43 heavy (non-hydrogen) atoms. The lowest BCUT2D eigenvalue weighted by Gasteiger charge is -2.26. The molecule has 222 valence electrons. The highest BCUT2D eigenvalue weighted by atomic mass is 16.4. The van der Waals surface area contributed by atoms with Gasteiger partial charge in [0.15, 0.2) is 11.3 Å². The molecule has 3 fully saturated rings. The van der Waals surface area contributed by atoms with E-state index < -0.39 is 5.97 Å². The summed E-state index contributed by atoms with van der Waals surface area (Å²) in [5.74, 6) is -0.478. The van der Waals surface area contributed by atoms with Crippen LogP contribution in [-0.2, 0) is 5.41 Å². The van der Waals surface area contributed by atoms with Crippen molar-refractivity contribution in [1.29, 1.82) is 0 Å². The number of nitrogens with zero attached hydrogens (tertiary/aromatic N) is 7. The Hall–Kier alpha value is -4.67. The lowest BCUT2D eigenvalue weighted by atomic mass is 9.82. The van der Waals surface area contributed by atoms with E-state index in [4.69, 9.17) is 5.73 Å². The number of aromatic carboxylic acids is 1. The van der Waals surface area contributed by atoms with E-state index >= 15 is 0 Å². The molecule has 1 aromatic carbocycles. The lowest BCUT2D eigenvalue weighted by molar-refractivity contribution is 0.0690. The van der Waals surface area contributed by atoms with Crippen molar-refractivity contribution in [3.05, 3.63) is 77.4 Å². The van der Waals surface area contributed by atoms with Gasteiger partial charge in [0.2, 0.25) is 5.82 Å². The molecule has 3 aromatic heterocycles. The van der Waals surface area contributed by atoms with Crippen molar-refractivity contribution >= 4 is 34.7 Å². The number of carbonyl (C=O) groups excluding carboxylic acids is 1. The van der Waals surface area contributed by atoms with Gasteiger partial charge in [-0.2, -0.15) is 0 Å². The van der Waals surface area contributed by atoms with Crippen LogP contribution in [-0.4, -0.2) is 80.7 Å². The van der Waals surface area contributed by atoms with E-state index in [-0.39, 0.29) is 33.9 Å². The molecular weight excluding hydrogens is 544 g/mol. The van der Waals surface area contributed by atoms with Crippen molar-refractivity contribution in [2.75, 3.05) is 54.8 Å². The Morgan fingerprint density at radius 3 is 2.49 bits per heavy atom. The van der Waals surface area contributed by atoms with Gasteiger partial charge in [0.1, 0.15) is 5.82 Å². The van der Waals surface area contributed by atoms with Crippen molar-refractivity contribution in [3.63, 3.8) is 0 Å². The van der Waals surface area contributed by atoms with Gasteiger partial charge in [-0.15, -0.1) is 5.10 Å². The number of likely N-dealkylation sites (tertiary alicyclic amines) is 1. The molecule has 3 aliphatic rings. The second-order valence-corrected chi connectivity index (χ2v) is 12.7. The number of amides is 1. The molecule has 2 atom stereocenters. The van der Waals surface area contributed by atoms with Crippen LogP contribution < -0.4 is 15.5 Å². The van der Waals surface area contributed by atoms with Crippen molar-refractivity contribution in [2.45, 2.75) is 38.5 Å². The first-order valence-electron chi connectivity index (χ1n) is 14.8. The third-order valence-electron chi connectivity index (χ3n) is 9.71. The lowest BCUT2D eigenvalue weighted by Crippen LogP contribution is -2.34. The molecule has 0 unspecified atom stereocenters. The van der Waals surface area contributed by atoms with Crippen molar-refractivity contribution in [1.82, 2.24) is 24.5 Å². The largest absolute Gasteiger partial charge is 0.476 e. The van der Waals surface area contributed by atoms with E-state index in [0.717, 1.165) is 50.1 Å². The molecule has 6 heterocycles. The molecule has 0 radical (unpaired) electrons. The van der Waals surface area contributed by atoms with Crippen LogP contribution in [0.15, 0.2) is 54.7 Å². The molecular formula is C32H36N8O3. The Kier molecular flexibility index (Phi) is 6.30. The summed E-state index contributed by atoms with van der Waals surface area (Å²) in [6.07, 6.45) is 4.82. The van der Waals surface area contributed by atoms with Crippen LogP contribution >= 0.6 is 0 Å². The number of rotatable bonds is 5. The predicted octanol–water partition coefficient (Wildman–Crippen LogP) is 3.62. The zero-order chi connectivity index (χ0) is 29.9. The maximum atomic E-state index is 13.6. The Morgan fingerprint density at radius 2 is 1.70 bits per heavy atom. The maximum absolute atomic E-state index is 13.6. The number of nitrogen functional groups attached to an aromatic ring is 1. The number of fused-ring (bicyclic) bond motifs is 1. The van der Waals surface area contributed by atoms with E-state index in [0.29, 0.717) is 31.1 Å². The smallest absolute Gasteiger partial charge is 0.356 e. The fourth-order valence-electron chi connectivity index (χ4n) is 7.17. The number of pyridine rings is 2. The average Bonchev–Trinajstić information content (AvgIpc) is 3.80. The van der Waals surface area contributed by atoms with Gasteiger partial charge in [0.25, 0.3) is 5.91 Å². The first-order chi connectivity index (χ1) is 20.6. The van der Waals surface area contributed by atoms with Gasteiger partial charge in [-0.05, 0) is 55.5 Å². The summed E-state index contributed by atoms with van der Waals surface area (Å²) < 4.78 is 1.76. The molecule has 11 heteroatoms. The number of anilines is 3. The standard InChI is InChI=1S/C32H36N8O3/c1-21-16-23(37-13-10-31(2,18-37)22-6-4-3-5-7-22)17-40-28(21)35-27(36-40)29(41)39-15-12-32(20-39)11-14-38(19-32)25-9-8-24(33)26(34-25)30(42)43/h3-9,16-17H,10-15,18-20,33H2,1-2H3,(H,42,43)/t31-,32+/m0/s1. The van der Waals surface area contributed by atoms with Gasteiger partial charge in [-0.25, -0.2) is 19.3 Å². The van der Waals surface area contributed by atoms with E-state index in [2.05, 4.69) is 68.2 Å². The van der Waals surface area contributed by atoms with Crippen LogP contribution in [0.5, 0.6) is 0 Å². The Labute approximate surface area is 249 Å². The molecule has 3 saturated heterocycles. The summed E-state index contributed by atoms with van der Waals surface area (Å²) in [4.78, 5) is 40.5. The fourth-order valence-corrected chi connectivity index (χ4v) is 7.17. The van der Waals surface area contributed by atoms with Gasteiger partial charge in [0.05, 0.1) is 17.6 Å². The molecule has 11 nitrogen and oxygen atoms in total. The van der Waals surface area contributed by atoms with Gasteiger partial charge in [-0.1, -0.05) is 37.3 Å². The van der Waals surface area contributed by atoms with Crippen LogP contribution in [0.4, 0.5) is 17.2 Å². The van der Waals surface area contributed by atoms with Crippen LogP contribution in [0, 0.1) is 12.3 Å². The molecule has 1 spiro atoms. The van der Waals surface area contributed by atoms with Crippen LogP contribution in [0.1, 0.15) is 58.4 Å². The minimum atomic E-state index is -1.14. The first-order valence-corrected chi connectivity index (χ1v) is 14.8. The van der Waals surface area contributed by atoms with Crippen LogP contribution in [0.3, 0.4) is 0 Å². The molecule has 1 amide bonds. The monoisotopic (exact) mass is 580 g/mol. The van der Waals surface area contributed by atoms with Gasteiger partial charge >= 0.3 is 5.97 Å². The number of carboxylic acid groups (broad SMARTS) is 1. The summed E-state index contributed by atoms with van der Waals surface area (Å²) in [5, 5.41) is 14.1. The number of benzene rings is 1. The van der Waals surface area contributed by atoms with E-state index in [1.54, 1.807) is 16.6 Å². The molecule has 3 aliphatic heterocycles. The zero-order valence-corrected chi connectivity index (χ0v) is 24.5. The van der Waals surface area contributed by atoms with E-state index in [1.807, 2.05) is 18.0 Å². The second kappa shape index (κ2) is 9.96. The number of aromatic nitrogens is 4. The maximum Gasteiger partial charge on any atom is 0.356 e. The normalized spacial score (nSPS) is 23.6. The highest BCUT2D eigenvalue weighted by molar-refractivity contribution is 5.92. The third-order valence-corrected chi connectivity index (χ3v) is 9.71. The van der Waals surface area contributed by atoms with E-state index in [9.17, 15) is 14.7 Å². The summed E-state index contributed by atoms with van der Waals surface area (Å²) in [7, 11) is 0. The fraction of sp³-hybridized carbons (Fsp3) is 0.406. The van der Waals surface area contributed by atoms with Crippen molar-refractivity contribution in [3.8, 4) is 0 Å². The number of aryl methyl sites for hydroxylation is 1. The molecule has 7 rings (SSSR count). The van der Waals surface area contributed by atoms with Gasteiger partial charge in [0, 0.05) is 50.1 Å². The number of hydrogen-bond donors (Lipinski definition) is 2. The quantitative estimate of drug-likeness (QED) is 0.363. The molecule has 0 saturated carbocycles. The molecule has 0 aliphatic carbocycles. The minimum absolute atomic E-state index is 0.0779. The highest BCUT2D eigenvalue weighted by Gasteiger charge is 2.46. The average molecular weight is 581 g/mol. The Balaban J connectivity index is 1.06. The molecule has 4 aromatic rings. The topological polar surface area (TPSA) is 133 Å². The Bertz CT molecular complexity index is 1740. The predicted molar refractivity (Wildman–Crippen MR) is 164 cm³/mol. The second-order valence-electron chi connectivity index (χ2n) is 12.7. The summed E-state index contributed by atoms with van der Waals surface area (Å²) in [6.45, 7) is 8.89. The van der Waals surface area contributed by atoms with Crippen molar-refractivity contribution in [2.24, 2.45) is 5.41 Å². The van der Waals surface area contributed by atoms with Gasteiger partial charge < -0.3 is 25.5 Å². The summed E-state index contributed by atoms with van der Waals surface area (Å²) in [5.41, 5.74) is 9.94. The summed E-state index contributed by atoms with van der Waals surface area (Å²) in [6, 6.07) is 16.2. The number of hydrogen-bond acceptors (Lipinski definition) is 8. The zero-order valence-electron chi connectivity index (χ0n) is 24.5. The Morgan fingerprint density at radius 1 is 0.930 bits per heavy atom. The minimum Gasteiger partial charge on any atom is -0.476 e. The van der Waals surface area contributed by atoms with Crippen LogP contribution in [0.25, 0.3) is 5.65 Å².